The second-order valence-corrected chi connectivity index (χ2v) is 5.31. The Hall–Kier alpha value is -1.92. The molecule has 1 aliphatic rings. The quantitative estimate of drug-likeness (QED) is 0.726. The fourth-order valence-corrected chi connectivity index (χ4v) is 2.65. The molecule has 0 aliphatic carbocycles. The van der Waals surface area contributed by atoms with E-state index >= 15 is 0 Å². The first-order valence-electron chi connectivity index (χ1n) is 7.02. The van der Waals surface area contributed by atoms with Crippen molar-refractivity contribution in [2.45, 2.75) is 37.5 Å². The van der Waals surface area contributed by atoms with E-state index in [1.165, 1.54) is 0 Å². The summed E-state index contributed by atoms with van der Waals surface area (Å²) in [5.74, 6) is -1.84. The van der Waals surface area contributed by atoms with Crippen molar-refractivity contribution in [2.75, 3.05) is 6.54 Å². The topological polar surface area (TPSA) is 104 Å². The van der Waals surface area contributed by atoms with Gasteiger partial charge >= 0.3 is 5.97 Å². The maximum Gasteiger partial charge on any atom is 0.359 e. The largest absolute Gasteiger partial charge is 0.478 e. The van der Waals surface area contributed by atoms with Gasteiger partial charge in [-0.3, -0.25) is 4.79 Å². The van der Waals surface area contributed by atoms with Crippen LogP contribution in [0, 0.1) is 0 Å². The van der Waals surface area contributed by atoms with Gasteiger partial charge in [0.1, 0.15) is 0 Å². The van der Waals surface area contributed by atoms with Gasteiger partial charge in [-0.15, -0.1) is 0 Å². The van der Waals surface area contributed by atoms with Crippen LogP contribution in [0.5, 0.6) is 0 Å². The maximum atomic E-state index is 12.1. The van der Waals surface area contributed by atoms with Gasteiger partial charge in [0.15, 0.2) is 0 Å². The molecule has 4 N–H and O–H groups in total. The smallest absolute Gasteiger partial charge is 0.359 e. The predicted octanol–water partition coefficient (Wildman–Crippen LogP) is 0.342. The Morgan fingerprint density at radius 1 is 1.33 bits per heavy atom. The lowest BCUT2D eigenvalue weighted by Gasteiger charge is -2.32. The van der Waals surface area contributed by atoms with Crippen molar-refractivity contribution in [3.63, 3.8) is 0 Å². The monoisotopic (exact) mass is 292 g/mol. The minimum absolute atomic E-state index is 0.175. The molecule has 1 aliphatic heterocycles. The standard InChI is InChI=1S/C15H20N2O4/c16-12-9-10-17(15(12,21)14(19)20)13(18)8-4-7-11-5-2-1-3-6-11/h1-3,5-6,12,21H,4,7-10,16H2,(H,19,20)/t12?,15-/m1/s1. The number of likely N-dealkylation sites (tertiary alicyclic amines) is 1. The summed E-state index contributed by atoms with van der Waals surface area (Å²) in [6.45, 7) is 0.175. The zero-order valence-electron chi connectivity index (χ0n) is 11.7. The molecule has 0 spiro atoms. The van der Waals surface area contributed by atoms with Crippen LogP contribution < -0.4 is 5.73 Å². The summed E-state index contributed by atoms with van der Waals surface area (Å²) in [6.07, 6.45) is 1.81. The third-order valence-corrected chi connectivity index (χ3v) is 3.91. The lowest BCUT2D eigenvalue weighted by molar-refractivity contribution is -0.184. The lowest BCUT2D eigenvalue weighted by Crippen LogP contribution is -2.61. The molecule has 0 aromatic heterocycles. The Labute approximate surface area is 123 Å². The molecule has 21 heavy (non-hydrogen) atoms. The highest BCUT2D eigenvalue weighted by Gasteiger charge is 2.54. The Morgan fingerprint density at radius 2 is 2.00 bits per heavy atom. The number of carboxylic acid groups (broad SMARTS) is 1. The SMILES string of the molecule is NC1CCN(C(=O)CCCc2ccccc2)[C@]1(O)C(=O)O. The molecule has 1 aromatic carbocycles. The normalized spacial score (nSPS) is 25.0. The van der Waals surface area contributed by atoms with Crippen LogP contribution in [0.3, 0.4) is 0 Å². The van der Waals surface area contributed by atoms with Crippen molar-refractivity contribution < 1.29 is 19.8 Å². The predicted molar refractivity (Wildman–Crippen MR) is 76.3 cm³/mol. The Kier molecular flexibility index (Phi) is 4.59. The number of nitrogens with zero attached hydrogens (tertiary/aromatic N) is 1. The third-order valence-electron chi connectivity index (χ3n) is 3.91. The first-order valence-corrected chi connectivity index (χ1v) is 7.02. The molecule has 0 saturated carbocycles. The number of aryl methyl sites for hydroxylation is 1. The summed E-state index contributed by atoms with van der Waals surface area (Å²) in [5.41, 5.74) is 4.49. The van der Waals surface area contributed by atoms with E-state index in [0.29, 0.717) is 6.42 Å². The van der Waals surface area contributed by atoms with Gasteiger partial charge in [-0.1, -0.05) is 30.3 Å². The number of benzene rings is 1. The molecule has 1 saturated heterocycles. The fraction of sp³-hybridized carbons (Fsp3) is 0.467. The zero-order valence-corrected chi connectivity index (χ0v) is 11.7. The van der Waals surface area contributed by atoms with E-state index in [9.17, 15) is 14.7 Å². The van der Waals surface area contributed by atoms with Gasteiger partial charge in [-0.25, -0.2) is 4.79 Å². The molecule has 0 bridgehead atoms. The number of carbonyl (C=O) groups excluding carboxylic acids is 1. The highest BCUT2D eigenvalue weighted by atomic mass is 16.4. The van der Waals surface area contributed by atoms with Crippen molar-refractivity contribution in [3.05, 3.63) is 35.9 Å². The van der Waals surface area contributed by atoms with E-state index in [1.807, 2.05) is 30.3 Å². The van der Waals surface area contributed by atoms with Crippen LogP contribution in [-0.2, 0) is 16.0 Å². The van der Waals surface area contributed by atoms with Gasteiger partial charge in [-0.05, 0) is 24.8 Å². The molecule has 2 rings (SSSR count). The minimum Gasteiger partial charge on any atom is -0.478 e. The van der Waals surface area contributed by atoms with E-state index in [-0.39, 0.29) is 25.3 Å². The van der Waals surface area contributed by atoms with Gasteiger partial charge < -0.3 is 20.8 Å². The van der Waals surface area contributed by atoms with Crippen molar-refractivity contribution in [3.8, 4) is 0 Å². The van der Waals surface area contributed by atoms with Crippen LogP contribution in [0.25, 0.3) is 0 Å². The van der Waals surface area contributed by atoms with Gasteiger partial charge in [-0.2, -0.15) is 0 Å². The van der Waals surface area contributed by atoms with Gasteiger partial charge in [0, 0.05) is 13.0 Å². The number of amides is 1. The van der Waals surface area contributed by atoms with Crippen LogP contribution in [0.15, 0.2) is 30.3 Å². The van der Waals surface area contributed by atoms with Crippen LogP contribution >= 0.6 is 0 Å². The van der Waals surface area contributed by atoms with E-state index in [4.69, 9.17) is 10.8 Å². The first-order chi connectivity index (χ1) is 9.96. The molecule has 1 fully saturated rings. The van der Waals surface area contributed by atoms with Crippen LogP contribution in [-0.4, -0.2) is 45.3 Å². The number of nitrogens with two attached hydrogens (primary N) is 1. The van der Waals surface area contributed by atoms with Gasteiger partial charge in [0.25, 0.3) is 5.72 Å². The van der Waals surface area contributed by atoms with E-state index in [0.717, 1.165) is 16.9 Å². The average molecular weight is 292 g/mol. The zero-order chi connectivity index (χ0) is 15.5. The van der Waals surface area contributed by atoms with Gasteiger partial charge in [0.05, 0.1) is 6.04 Å². The molecule has 114 valence electrons. The molecule has 0 radical (unpaired) electrons. The van der Waals surface area contributed by atoms with Crippen LogP contribution in [0.2, 0.25) is 0 Å². The number of rotatable bonds is 5. The van der Waals surface area contributed by atoms with Crippen molar-refractivity contribution >= 4 is 11.9 Å². The van der Waals surface area contributed by atoms with Gasteiger partial charge in [0.2, 0.25) is 5.91 Å². The van der Waals surface area contributed by atoms with E-state index in [2.05, 4.69) is 0 Å². The summed E-state index contributed by atoms with van der Waals surface area (Å²) in [6, 6.07) is 8.79. The number of carboxylic acids is 1. The summed E-state index contributed by atoms with van der Waals surface area (Å²) in [7, 11) is 0. The second kappa shape index (κ2) is 6.24. The van der Waals surface area contributed by atoms with Crippen molar-refractivity contribution in [1.82, 2.24) is 4.90 Å². The number of carbonyl (C=O) groups is 2. The molecule has 2 atom stereocenters. The Bertz CT molecular complexity index is 520. The van der Waals surface area contributed by atoms with E-state index < -0.39 is 17.7 Å². The minimum atomic E-state index is -2.27. The second-order valence-electron chi connectivity index (χ2n) is 5.31. The summed E-state index contributed by atoms with van der Waals surface area (Å²) < 4.78 is 0. The molecule has 1 amide bonds. The number of hydrogen-bond acceptors (Lipinski definition) is 4. The number of aliphatic carboxylic acids is 1. The number of hydrogen-bond donors (Lipinski definition) is 3. The molecular weight excluding hydrogens is 272 g/mol. The van der Waals surface area contributed by atoms with Crippen LogP contribution in [0.4, 0.5) is 0 Å². The molecule has 6 nitrogen and oxygen atoms in total. The Morgan fingerprint density at radius 3 is 2.62 bits per heavy atom. The third kappa shape index (κ3) is 3.06. The molecule has 1 aromatic rings. The number of aliphatic hydroxyl groups is 1. The van der Waals surface area contributed by atoms with Crippen molar-refractivity contribution in [1.29, 1.82) is 0 Å². The highest BCUT2D eigenvalue weighted by molar-refractivity contribution is 5.87. The molecule has 1 unspecified atom stereocenters. The molecular formula is C15H20N2O4. The van der Waals surface area contributed by atoms with Crippen LogP contribution in [0.1, 0.15) is 24.8 Å². The fourth-order valence-electron chi connectivity index (χ4n) is 2.65. The van der Waals surface area contributed by atoms with Crippen molar-refractivity contribution in [2.24, 2.45) is 5.73 Å². The summed E-state index contributed by atoms with van der Waals surface area (Å²) in [5, 5.41) is 19.3. The molecule has 6 heteroatoms. The lowest BCUT2D eigenvalue weighted by atomic mass is 10.1. The summed E-state index contributed by atoms with van der Waals surface area (Å²) in [4.78, 5) is 24.4. The first kappa shape index (κ1) is 15.5. The average Bonchev–Trinajstić information content (AvgIpc) is 2.77. The maximum absolute atomic E-state index is 12.1. The van der Waals surface area contributed by atoms with E-state index in [1.54, 1.807) is 0 Å². The molecule has 1 heterocycles. The Balaban J connectivity index is 1.93. The highest BCUT2D eigenvalue weighted by Crippen LogP contribution is 2.27. The summed E-state index contributed by atoms with van der Waals surface area (Å²) >= 11 is 0.